The number of hydrogen-bond acceptors (Lipinski definition) is 2. The van der Waals surface area contributed by atoms with Crippen LogP contribution in [0.15, 0.2) is 18.2 Å². The molecular weight excluding hydrogens is 273 g/mol. The second kappa shape index (κ2) is 5.34. The molecule has 1 heterocycles. The van der Waals surface area contributed by atoms with Gasteiger partial charge >= 0.3 is 6.03 Å². The van der Waals surface area contributed by atoms with Crippen LogP contribution in [-0.2, 0) is 0 Å². The van der Waals surface area contributed by atoms with Crippen LogP contribution in [0.1, 0.15) is 13.3 Å². The third kappa shape index (κ3) is 3.28. The molecule has 1 atom stereocenters. The van der Waals surface area contributed by atoms with Gasteiger partial charge in [-0.05, 0) is 38.1 Å². The summed E-state index contributed by atoms with van der Waals surface area (Å²) < 4.78 is 0. The molecule has 0 bridgehead atoms. The predicted octanol–water partition coefficient (Wildman–Crippen LogP) is 2.87. The van der Waals surface area contributed by atoms with E-state index >= 15 is 0 Å². The second-order valence-corrected chi connectivity index (χ2v) is 5.51. The van der Waals surface area contributed by atoms with Crippen molar-refractivity contribution in [3.05, 3.63) is 28.2 Å². The lowest BCUT2D eigenvalue weighted by atomic mass is 10.0. The van der Waals surface area contributed by atoms with Crippen LogP contribution in [-0.4, -0.2) is 24.7 Å². The zero-order valence-corrected chi connectivity index (χ0v) is 11.5. The Balaban J connectivity index is 1.96. The molecule has 2 amide bonds. The number of halogens is 2. The van der Waals surface area contributed by atoms with Crippen molar-refractivity contribution in [1.82, 2.24) is 10.6 Å². The fourth-order valence-electron chi connectivity index (χ4n) is 1.93. The lowest BCUT2D eigenvalue weighted by molar-refractivity contribution is 0.241. The van der Waals surface area contributed by atoms with Crippen molar-refractivity contribution >= 4 is 34.9 Å². The molecule has 0 aliphatic carbocycles. The van der Waals surface area contributed by atoms with E-state index in [1.165, 1.54) is 0 Å². The van der Waals surface area contributed by atoms with Gasteiger partial charge < -0.3 is 16.0 Å². The summed E-state index contributed by atoms with van der Waals surface area (Å²) in [6.07, 6.45) is 0.918. The van der Waals surface area contributed by atoms with E-state index in [9.17, 15) is 4.79 Å². The number of nitrogens with one attached hydrogen (secondary N) is 3. The molecule has 1 aromatic rings. The molecule has 0 aromatic heterocycles. The van der Waals surface area contributed by atoms with Gasteiger partial charge in [0.1, 0.15) is 0 Å². The van der Waals surface area contributed by atoms with Crippen molar-refractivity contribution in [3.63, 3.8) is 0 Å². The third-order valence-electron chi connectivity index (χ3n) is 2.96. The molecule has 3 N–H and O–H groups in total. The average Bonchev–Trinajstić information content (AvgIpc) is 2.70. The molecule has 1 saturated heterocycles. The first-order valence-electron chi connectivity index (χ1n) is 5.73. The van der Waals surface area contributed by atoms with Gasteiger partial charge in [-0.15, -0.1) is 0 Å². The maximum Gasteiger partial charge on any atom is 0.319 e. The monoisotopic (exact) mass is 287 g/mol. The second-order valence-electron chi connectivity index (χ2n) is 4.70. The van der Waals surface area contributed by atoms with Crippen LogP contribution >= 0.6 is 23.2 Å². The zero-order chi connectivity index (χ0) is 13.2. The Hall–Kier alpha value is -0.970. The highest BCUT2D eigenvalue weighted by atomic mass is 35.5. The smallest absolute Gasteiger partial charge is 0.319 e. The Morgan fingerprint density at radius 1 is 1.39 bits per heavy atom. The highest BCUT2D eigenvalue weighted by Gasteiger charge is 2.29. The number of anilines is 1. The molecule has 1 aliphatic heterocycles. The molecule has 2 rings (SSSR count). The Bertz CT molecular complexity index is 459. The van der Waals surface area contributed by atoms with Gasteiger partial charge in [0.25, 0.3) is 0 Å². The Labute approximate surface area is 116 Å². The van der Waals surface area contributed by atoms with E-state index in [2.05, 4.69) is 16.0 Å². The molecule has 1 aromatic carbocycles. The van der Waals surface area contributed by atoms with E-state index in [1.54, 1.807) is 18.2 Å². The summed E-state index contributed by atoms with van der Waals surface area (Å²) in [5.74, 6) is 0. The molecule has 1 unspecified atom stereocenters. The summed E-state index contributed by atoms with van der Waals surface area (Å²) in [7, 11) is 0. The largest absolute Gasteiger partial charge is 0.331 e. The standard InChI is InChI=1S/C12H15Cl2N3O/c1-12(4-5-15-7-12)17-11(18)16-8-2-3-9(13)10(14)6-8/h2-3,6,15H,4-5,7H2,1H3,(H2,16,17,18). The van der Waals surface area contributed by atoms with Gasteiger partial charge in [0, 0.05) is 12.2 Å². The van der Waals surface area contributed by atoms with E-state index in [1.807, 2.05) is 6.92 Å². The molecule has 98 valence electrons. The lowest BCUT2D eigenvalue weighted by Crippen LogP contribution is -2.49. The number of rotatable bonds is 2. The number of carbonyl (C=O) groups excluding carboxylic acids is 1. The van der Waals surface area contributed by atoms with E-state index < -0.39 is 0 Å². The summed E-state index contributed by atoms with van der Waals surface area (Å²) >= 11 is 11.7. The van der Waals surface area contributed by atoms with E-state index in [0.29, 0.717) is 15.7 Å². The van der Waals surface area contributed by atoms with Crippen molar-refractivity contribution in [2.75, 3.05) is 18.4 Å². The Kier molecular flexibility index (Phi) is 4.00. The third-order valence-corrected chi connectivity index (χ3v) is 3.70. The van der Waals surface area contributed by atoms with Gasteiger partial charge in [-0.2, -0.15) is 0 Å². The minimum atomic E-state index is -0.236. The number of hydrogen-bond donors (Lipinski definition) is 3. The summed E-state index contributed by atoms with van der Waals surface area (Å²) in [5.41, 5.74) is 0.428. The maximum atomic E-state index is 11.8. The summed E-state index contributed by atoms with van der Waals surface area (Å²) in [6.45, 7) is 3.72. The predicted molar refractivity (Wildman–Crippen MR) is 74.5 cm³/mol. The fraction of sp³-hybridized carbons (Fsp3) is 0.417. The van der Waals surface area contributed by atoms with Gasteiger partial charge in [0.05, 0.1) is 15.6 Å². The summed E-state index contributed by atoms with van der Waals surface area (Å²) in [4.78, 5) is 11.8. The topological polar surface area (TPSA) is 53.2 Å². The summed E-state index contributed by atoms with van der Waals surface area (Å²) in [5, 5.41) is 9.79. The Morgan fingerprint density at radius 3 is 2.78 bits per heavy atom. The van der Waals surface area contributed by atoms with Crippen molar-refractivity contribution in [2.24, 2.45) is 0 Å². The van der Waals surface area contributed by atoms with Crippen LogP contribution in [0.3, 0.4) is 0 Å². The van der Waals surface area contributed by atoms with Gasteiger partial charge in [-0.1, -0.05) is 23.2 Å². The maximum absolute atomic E-state index is 11.8. The first-order chi connectivity index (χ1) is 8.48. The van der Waals surface area contributed by atoms with Gasteiger partial charge in [0.2, 0.25) is 0 Å². The number of amides is 2. The van der Waals surface area contributed by atoms with Crippen molar-refractivity contribution in [1.29, 1.82) is 0 Å². The molecule has 1 aliphatic rings. The molecule has 4 nitrogen and oxygen atoms in total. The Morgan fingerprint density at radius 2 is 2.17 bits per heavy atom. The first kappa shape index (κ1) is 13.5. The van der Waals surface area contributed by atoms with E-state index in [-0.39, 0.29) is 11.6 Å². The van der Waals surface area contributed by atoms with E-state index in [0.717, 1.165) is 19.5 Å². The molecule has 1 fully saturated rings. The molecule has 0 saturated carbocycles. The van der Waals surface area contributed by atoms with Crippen LogP contribution in [0.4, 0.5) is 10.5 Å². The normalized spacial score (nSPS) is 22.8. The van der Waals surface area contributed by atoms with Gasteiger partial charge in [-0.25, -0.2) is 4.79 Å². The highest BCUT2D eigenvalue weighted by molar-refractivity contribution is 6.42. The number of carbonyl (C=O) groups is 1. The first-order valence-corrected chi connectivity index (χ1v) is 6.49. The summed E-state index contributed by atoms with van der Waals surface area (Å²) in [6, 6.07) is 4.75. The van der Waals surface area contributed by atoms with Crippen LogP contribution in [0.5, 0.6) is 0 Å². The van der Waals surface area contributed by atoms with Crippen LogP contribution in [0.2, 0.25) is 10.0 Å². The average molecular weight is 288 g/mol. The van der Waals surface area contributed by atoms with Crippen LogP contribution < -0.4 is 16.0 Å². The molecule has 18 heavy (non-hydrogen) atoms. The number of urea groups is 1. The minimum absolute atomic E-state index is 0.194. The molecule has 0 spiro atoms. The fourth-order valence-corrected chi connectivity index (χ4v) is 2.23. The lowest BCUT2D eigenvalue weighted by Gasteiger charge is -2.24. The number of benzene rings is 1. The van der Waals surface area contributed by atoms with Crippen LogP contribution in [0.25, 0.3) is 0 Å². The quantitative estimate of drug-likeness (QED) is 0.783. The molecule has 6 heteroatoms. The SMILES string of the molecule is CC1(NC(=O)Nc2ccc(Cl)c(Cl)c2)CCNC1. The van der Waals surface area contributed by atoms with Crippen molar-refractivity contribution in [3.8, 4) is 0 Å². The van der Waals surface area contributed by atoms with Gasteiger partial charge in [0.15, 0.2) is 0 Å². The zero-order valence-electron chi connectivity index (χ0n) is 10.0. The van der Waals surface area contributed by atoms with Gasteiger partial charge in [-0.3, -0.25) is 0 Å². The molecule has 0 radical (unpaired) electrons. The van der Waals surface area contributed by atoms with Crippen molar-refractivity contribution < 1.29 is 4.79 Å². The van der Waals surface area contributed by atoms with E-state index in [4.69, 9.17) is 23.2 Å². The minimum Gasteiger partial charge on any atom is -0.331 e. The molecular formula is C12H15Cl2N3O. The highest BCUT2D eigenvalue weighted by Crippen LogP contribution is 2.25. The van der Waals surface area contributed by atoms with Crippen molar-refractivity contribution in [2.45, 2.75) is 18.9 Å². The van der Waals surface area contributed by atoms with Crippen LogP contribution in [0, 0.1) is 0 Å².